The minimum Gasteiger partial charge on any atom is -0.508 e. The van der Waals surface area contributed by atoms with Crippen molar-refractivity contribution in [3.05, 3.63) is 84.2 Å². The number of aromatic hydroxyl groups is 1. The molecular formula is C20H18N2O2S. The molecule has 0 atom stereocenters. The lowest BCUT2D eigenvalue weighted by molar-refractivity contribution is -0.115. The van der Waals surface area contributed by atoms with Crippen LogP contribution in [-0.2, 0) is 17.0 Å². The average Bonchev–Trinajstić information content (AvgIpc) is 2.64. The molecule has 0 saturated carbocycles. The van der Waals surface area contributed by atoms with Gasteiger partial charge in [-0.2, -0.15) is 0 Å². The van der Waals surface area contributed by atoms with Gasteiger partial charge in [-0.05, 0) is 53.6 Å². The Labute approximate surface area is 150 Å². The van der Waals surface area contributed by atoms with Crippen molar-refractivity contribution < 1.29 is 9.90 Å². The highest BCUT2D eigenvalue weighted by molar-refractivity contribution is 7.98. The van der Waals surface area contributed by atoms with E-state index in [0.29, 0.717) is 0 Å². The highest BCUT2D eigenvalue weighted by atomic mass is 32.2. The molecule has 3 aromatic rings. The molecule has 126 valence electrons. The lowest BCUT2D eigenvalue weighted by Crippen LogP contribution is -2.14. The van der Waals surface area contributed by atoms with Gasteiger partial charge in [-0.1, -0.05) is 18.2 Å². The van der Waals surface area contributed by atoms with E-state index in [-0.39, 0.29) is 18.1 Å². The van der Waals surface area contributed by atoms with Gasteiger partial charge in [0.2, 0.25) is 5.91 Å². The number of hydrogen-bond donors (Lipinski definition) is 2. The summed E-state index contributed by atoms with van der Waals surface area (Å²) in [6.45, 7) is 0. The Morgan fingerprint density at radius 1 is 1.00 bits per heavy atom. The van der Waals surface area contributed by atoms with Crippen molar-refractivity contribution in [1.29, 1.82) is 0 Å². The van der Waals surface area contributed by atoms with Crippen molar-refractivity contribution in [3.8, 4) is 5.75 Å². The van der Waals surface area contributed by atoms with Crippen LogP contribution in [0.2, 0.25) is 0 Å². The van der Waals surface area contributed by atoms with E-state index in [1.807, 2.05) is 36.5 Å². The van der Waals surface area contributed by atoms with Crippen LogP contribution in [0.25, 0.3) is 0 Å². The van der Waals surface area contributed by atoms with Crippen molar-refractivity contribution in [2.75, 3.05) is 5.32 Å². The van der Waals surface area contributed by atoms with Crippen molar-refractivity contribution in [2.24, 2.45) is 0 Å². The number of pyridine rings is 1. The molecule has 0 aliphatic rings. The van der Waals surface area contributed by atoms with Gasteiger partial charge in [-0.25, -0.2) is 0 Å². The molecule has 4 nitrogen and oxygen atoms in total. The van der Waals surface area contributed by atoms with Gasteiger partial charge in [0.1, 0.15) is 5.75 Å². The number of carbonyl (C=O) groups excluding carboxylic acids is 1. The third-order valence-corrected chi connectivity index (χ3v) is 4.65. The standard InChI is InChI=1S/C20H18N2O2S/c23-18-7-3-15(4-8-18)12-20(24)22-17-5-9-19(10-6-17)25-14-16-2-1-11-21-13-16/h1-11,13,23H,12,14H2,(H,22,24). The maximum Gasteiger partial charge on any atom is 0.228 e. The number of nitrogens with one attached hydrogen (secondary N) is 1. The van der Waals surface area contributed by atoms with E-state index < -0.39 is 0 Å². The zero-order valence-electron chi connectivity index (χ0n) is 13.6. The number of rotatable bonds is 6. The quantitative estimate of drug-likeness (QED) is 0.652. The second-order valence-electron chi connectivity index (χ2n) is 5.57. The third-order valence-electron chi connectivity index (χ3n) is 3.57. The van der Waals surface area contributed by atoms with E-state index in [9.17, 15) is 9.90 Å². The van der Waals surface area contributed by atoms with E-state index >= 15 is 0 Å². The first-order chi connectivity index (χ1) is 12.2. The molecule has 3 rings (SSSR count). The highest BCUT2D eigenvalue weighted by Crippen LogP contribution is 2.24. The third kappa shape index (κ3) is 5.36. The predicted octanol–water partition coefficient (Wildman–Crippen LogP) is 4.26. The normalized spacial score (nSPS) is 10.4. The number of hydrogen-bond acceptors (Lipinski definition) is 4. The van der Waals surface area contributed by atoms with Crippen LogP contribution in [0, 0.1) is 0 Å². The highest BCUT2D eigenvalue weighted by Gasteiger charge is 2.05. The Kier molecular flexibility index (Phi) is 5.69. The maximum atomic E-state index is 12.1. The molecule has 2 aromatic carbocycles. The van der Waals surface area contributed by atoms with Crippen molar-refractivity contribution in [1.82, 2.24) is 4.98 Å². The van der Waals surface area contributed by atoms with Crippen molar-refractivity contribution in [2.45, 2.75) is 17.1 Å². The molecule has 0 saturated heterocycles. The van der Waals surface area contributed by atoms with Gasteiger partial charge in [-0.3, -0.25) is 9.78 Å². The molecule has 0 fully saturated rings. The summed E-state index contributed by atoms with van der Waals surface area (Å²) in [5, 5.41) is 12.1. The Morgan fingerprint density at radius 2 is 1.76 bits per heavy atom. The fourth-order valence-corrected chi connectivity index (χ4v) is 3.12. The largest absolute Gasteiger partial charge is 0.508 e. The van der Waals surface area contributed by atoms with E-state index in [1.165, 1.54) is 5.56 Å². The molecule has 0 aliphatic carbocycles. The number of amides is 1. The Morgan fingerprint density at radius 3 is 2.44 bits per heavy atom. The number of aromatic nitrogens is 1. The number of carbonyl (C=O) groups is 1. The van der Waals surface area contributed by atoms with Crippen LogP contribution in [0.5, 0.6) is 5.75 Å². The number of anilines is 1. The molecule has 5 heteroatoms. The molecule has 1 heterocycles. The Balaban J connectivity index is 1.51. The van der Waals surface area contributed by atoms with Gasteiger partial charge in [0.25, 0.3) is 0 Å². The first kappa shape index (κ1) is 17.0. The van der Waals surface area contributed by atoms with Gasteiger partial charge >= 0.3 is 0 Å². The van der Waals surface area contributed by atoms with E-state index in [1.54, 1.807) is 42.2 Å². The van der Waals surface area contributed by atoms with Gasteiger partial charge < -0.3 is 10.4 Å². The van der Waals surface area contributed by atoms with Gasteiger partial charge in [0.15, 0.2) is 0 Å². The van der Waals surface area contributed by atoms with Crippen LogP contribution < -0.4 is 5.32 Å². The SMILES string of the molecule is O=C(Cc1ccc(O)cc1)Nc1ccc(SCc2cccnc2)cc1. The minimum absolute atomic E-state index is 0.0820. The minimum atomic E-state index is -0.0820. The van der Waals surface area contributed by atoms with E-state index in [2.05, 4.69) is 16.4 Å². The number of benzene rings is 2. The predicted molar refractivity (Wildman–Crippen MR) is 101 cm³/mol. The summed E-state index contributed by atoms with van der Waals surface area (Å²) in [6, 6.07) is 18.4. The van der Waals surface area contributed by atoms with Gasteiger partial charge in [0.05, 0.1) is 6.42 Å². The summed E-state index contributed by atoms with van der Waals surface area (Å²) in [6.07, 6.45) is 3.91. The molecule has 1 amide bonds. The fraction of sp³-hybridized carbons (Fsp3) is 0.100. The Hall–Kier alpha value is -2.79. The monoisotopic (exact) mass is 350 g/mol. The van der Waals surface area contributed by atoms with Gasteiger partial charge in [0, 0.05) is 28.7 Å². The first-order valence-electron chi connectivity index (χ1n) is 7.88. The Bertz CT molecular complexity index is 819. The van der Waals surface area contributed by atoms with Crippen LogP contribution >= 0.6 is 11.8 Å². The van der Waals surface area contributed by atoms with Crippen LogP contribution in [0.4, 0.5) is 5.69 Å². The van der Waals surface area contributed by atoms with Crippen LogP contribution in [-0.4, -0.2) is 16.0 Å². The van der Waals surface area contributed by atoms with E-state index in [4.69, 9.17) is 0 Å². The first-order valence-corrected chi connectivity index (χ1v) is 8.87. The molecule has 1 aromatic heterocycles. The average molecular weight is 350 g/mol. The molecule has 0 radical (unpaired) electrons. The second kappa shape index (κ2) is 8.35. The number of nitrogens with zero attached hydrogens (tertiary/aromatic N) is 1. The lowest BCUT2D eigenvalue weighted by atomic mass is 10.1. The molecule has 25 heavy (non-hydrogen) atoms. The molecule has 0 bridgehead atoms. The summed E-state index contributed by atoms with van der Waals surface area (Å²) in [7, 11) is 0. The molecule has 0 spiro atoms. The summed E-state index contributed by atoms with van der Waals surface area (Å²) in [4.78, 5) is 17.3. The summed E-state index contributed by atoms with van der Waals surface area (Å²) in [5.41, 5.74) is 2.81. The van der Waals surface area contributed by atoms with Crippen molar-refractivity contribution >= 4 is 23.4 Å². The number of phenolic OH excluding ortho intramolecular Hbond substituents is 1. The van der Waals surface area contributed by atoms with Crippen LogP contribution in [0.15, 0.2) is 78.0 Å². The molecule has 2 N–H and O–H groups in total. The number of thioether (sulfide) groups is 1. The van der Waals surface area contributed by atoms with Crippen molar-refractivity contribution in [3.63, 3.8) is 0 Å². The molecule has 0 unspecified atom stereocenters. The van der Waals surface area contributed by atoms with Gasteiger partial charge in [-0.15, -0.1) is 11.8 Å². The van der Waals surface area contributed by atoms with Crippen LogP contribution in [0.3, 0.4) is 0 Å². The summed E-state index contributed by atoms with van der Waals surface area (Å²) >= 11 is 1.73. The number of phenols is 1. The topological polar surface area (TPSA) is 62.2 Å². The zero-order chi connectivity index (χ0) is 17.5. The lowest BCUT2D eigenvalue weighted by Gasteiger charge is -2.07. The van der Waals surface area contributed by atoms with Crippen LogP contribution in [0.1, 0.15) is 11.1 Å². The summed E-state index contributed by atoms with van der Waals surface area (Å²) in [5.74, 6) is 0.977. The second-order valence-corrected chi connectivity index (χ2v) is 6.61. The zero-order valence-corrected chi connectivity index (χ0v) is 14.4. The molecule has 0 aliphatic heterocycles. The maximum absolute atomic E-state index is 12.1. The smallest absolute Gasteiger partial charge is 0.228 e. The molecular weight excluding hydrogens is 332 g/mol. The summed E-state index contributed by atoms with van der Waals surface area (Å²) < 4.78 is 0. The van der Waals surface area contributed by atoms with E-state index in [0.717, 1.165) is 21.9 Å². The fourth-order valence-electron chi connectivity index (χ4n) is 2.29.